The highest BCUT2D eigenvalue weighted by Crippen LogP contribution is 2.28. The second-order valence-corrected chi connectivity index (χ2v) is 3.76. The molecule has 0 aliphatic rings. The molecule has 0 saturated carbocycles. The Kier molecular flexibility index (Phi) is 2.48. The Morgan fingerprint density at radius 1 is 1.44 bits per heavy atom. The molecule has 82 valence electrons. The first-order valence-electron chi connectivity index (χ1n) is 4.97. The van der Waals surface area contributed by atoms with Gasteiger partial charge >= 0.3 is 0 Å². The number of anilines is 1. The highest BCUT2D eigenvalue weighted by molar-refractivity contribution is 5.80. The van der Waals surface area contributed by atoms with Crippen LogP contribution in [0, 0.1) is 6.92 Å². The molecule has 4 nitrogen and oxygen atoms in total. The van der Waals surface area contributed by atoms with Gasteiger partial charge in [-0.3, -0.25) is 9.48 Å². The van der Waals surface area contributed by atoms with Gasteiger partial charge in [-0.1, -0.05) is 12.1 Å². The Balaban J connectivity index is 2.61. The highest BCUT2D eigenvalue weighted by Gasteiger charge is 2.10. The lowest BCUT2D eigenvalue weighted by Crippen LogP contribution is -1.98. The number of carbonyl (C=O) groups excluding carboxylic acids is 1. The van der Waals surface area contributed by atoms with E-state index in [9.17, 15) is 4.79 Å². The number of nitrogens with two attached hydrogens (primary N) is 1. The molecule has 2 N–H and O–H groups in total. The summed E-state index contributed by atoms with van der Waals surface area (Å²) in [4.78, 5) is 10.6. The molecule has 1 heterocycles. The van der Waals surface area contributed by atoms with Gasteiger partial charge in [-0.2, -0.15) is 5.10 Å². The van der Waals surface area contributed by atoms with Crippen molar-refractivity contribution in [2.75, 3.05) is 5.73 Å². The number of rotatable bonds is 2. The largest absolute Gasteiger partial charge is 0.396 e. The fourth-order valence-electron chi connectivity index (χ4n) is 1.81. The third kappa shape index (κ3) is 1.58. The Hall–Kier alpha value is -2.10. The minimum Gasteiger partial charge on any atom is -0.396 e. The molecule has 2 rings (SSSR count). The predicted molar refractivity (Wildman–Crippen MR) is 63.2 cm³/mol. The van der Waals surface area contributed by atoms with E-state index < -0.39 is 0 Å². The van der Waals surface area contributed by atoms with Crippen molar-refractivity contribution >= 4 is 12.0 Å². The summed E-state index contributed by atoms with van der Waals surface area (Å²) < 4.78 is 1.73. The Bertz CT molecular complexity index is 524. The maximum absolute atomic E-state index is 10.6. The van der Waals surface area contributed by atoms with Gasteiger partial charge in [0.15, 0.2) is 0 Å². The van der Waals surface area contributed by atoms with Gasteiger partial charge in [0.25, 0.3) is 0 Å². The van der Waals surface area contributed by atoms with Crippen LogP contribution in [0.1, 0.15) is 15.9 Å². The summed E-state index contributed by atoms with van der Waals surface area (Å²) in [5.74, 6) is 0. The first kappa shape index (κ1) is 10.4. The van der Waals surface area contributed by atoms with E-state index in [0.29, 0.717) is 11.3 Å². The molecule has 1 aromatic heterocycles. The van der Waals surface area contributed by atoms with Crippen molar-refractivity contribution in [2.45, 2.75) is 6.92 Å². The number of nitrogen functional groups attached to an aromatic ring is 1. The molecule has 0 saturated heterocycles. The fraction of sp³-hybridized carbons (Fsp3) is 0.167. The topological polar surface area (TPSA) is 60.9 Å². The number of aromatic nitrogens is 2. The smallest absolute Gasteiger partial charge is 0.150 e. The molecule has 16 heavy (non-hydrogen) atoms. The van der Waals surface area contributed by atoms with Crippen molar-refractivity contribution in [3.63, 3.8) is 0 Å². The van der Waals surface area contributed by atoms with Crippen LogP contribution in [-0.4, -0.2) is 16.1 Å². The van der Waals surface area contributed by atoms with Gasteiger partial charge in [0.1, 0.15) is 6.29 Å². The number of hydrogen-bond acceptors (Lipinski definition) is 3. The van der Waals surface area contributed by atoms with E-state index in [2.05, 4.69) is 5.10 Å². The third-order valence-corrected chi connectivity index (χ3v) is 2.61. The highest BCUT2D eigenvalue weighted by atomic mass is 16.1. The lowest BCUT2D eigenvalue weighted by atomic mass is 10.0. The monoisotopic (exact) mass is 215 g/mol. The summed E-state index contributed by atoms with van der Waals surface area (Å²) in [6, 6.07) is 5.52. The zero-order chi connectivity index (χ0) is 11.7. The van der Waals surface area contributed by atoms with Crippen molar-refractivity contribution < 1.29 is 4.79 Å². The molecule has 4 heteroatoms. The second-order valence-electron chi connectivity index (χ2n) is 3.76. The minimum atomic E-state index is 0.643. The van der Waals surface area contributed by atoms with Gasteiger partial charge in [-0.15, -0.1) is 0 Å². The van der Waals surface area contributed by atoms with Crippen molar-refractivity contribution in [3.05, 3.63) is 35.5 Å². The third-order valence-electron chi connectivity index (χ3n) is 2.61. The first-order chi connectivity index (χ1) is 7.63. The van der Waals surface area contributed by atoms with Crippen LogP contribution in [0.15, 0.2) is 24.4 Å². The van der Waals surface area contributed by atoms with Gasteiger partial charge in [0.2, 0.25) is 0 Å². The fourth-order valence-corrected chi connectivity index (χ4v) is 1.81. The van der Waals surface area contributed by atoms with E-state index >= 15 is 0 Å². The number of carbonyl (C=O) groups is 1. The summed E-state index contributed by atoms with van der Waals surface area (Å²) >= 11 is 0. The molecule has 0 spiro atoms. The summed E-state index contributed by atoms with van der Waals surface area (Å²) in [5.41, 5.74) is 10.1. The number of aldehydes is 1. The maximum atomic E-state index is 10.6. The van der Waals surface area contributed by atoms with Crippen LogP contribution in [0.2, 0.25) is 0 Å². The normalized spacial score (nSPS) is 10.4. The average Bonchev–Trinajstić information content (AvgIpc) is 2.59. The number of nitrogens with zero attached hydrogens (tertiary/aromatic N) is 2. The molecule has 0 aliphatic carbocycles. The summed E-state index contributed by atoms with van der Waals surface area (Å²) in [6.07, 6.45) is 2.46. The molecule has 1 aromatic carbocycles. The molecule has 0 atom stereocenters. The van der Waals surface area contributed by atoms with E-state index in [1.807, 2.05) is 26.1 Å². The van der Waals surface area contributed by atoms with Crippen LogP contribution < -0.4 is 5.73 Å². The second kappa shape index (κ2) is 3.81. The van der Waals surface area contributed by atoms with E-state index in [0.717, 1.165) is 23.1 Å². The molecular formula is C12H13N3O. The van der Waals surface area contributed by atoms with Gasteiger partial charge < -0.3 is 5.73 Å². The van der Waals surface area contributed by atoms with Crippen LogP contribution >= 0.6 is 0 Å². The predicted octanol–water partition coefficient (Wildman–Crippen LogP) is 1.79. The van der Waals surface area contributed by atoms with Crippen LogP contribution in [0.4, 0.5) is 5.69 Å². The quantitative estimate of drug-likeness (QED) is 0.777. The van der Waals surface area contributed by atoms with E-state index in [-0.39, 0.29) is 0 Å². The van der Waals surface area contributed by atoms with Gasteiger partial charge in [0, 0.05) is 18.2 Å². The molecule has 0 unspecified atom stereocenters. The zero-order valence-corrected chi connectivity index (χ0v) is 9.27. The van der Waals surface area contributed by atoms with E-state index in [1.54, 1.807) is 16.9 Å². The standard InChI is InChI=1S/C12H13N3O/c1-8-5-9(7-16)3-4-10(8)12-11(13)6-14-15(12)2/h3-7H,13H2,1-2H3. The zero-order valence-electron chi connectivity index (χ0n) is 9.27. The molecule has 0 aliphatic heterocycles. The van der Waals surface area contributed by atoms with E-state index in [4.69, 9.17) is 5.73 Å². The molecule has 0 radical (unpaired) electrons. The van der Waals surface area contributed by atoms with Crippen LogP contribution in [-0.2, 0) is 7.05 Å². The Labute approximate surface area is 93.7 Å². The van der Waals surface area contributed by atoms with Gasteiger partial charge in [0.05, 0.1) is 17.6 Å². The number of benzene rings is 1. The maximum Gasteiger partial charge on any atom is 0.150 e. The lowest BCUT2D eigenvalue weighted by molar-refractivity contribution is 0.112. The molecule has 0 fully saturated rings. The summed E-state index contributed by atoms with van der Waals surface area (Å²) in [6.45, 7) is 1.95. The summed E-state index contributed by atoms with van der Waals surface area (Å²) in [7, 11) is 1.85. The average molecular weight is 215 g/mol. The molecular weight excluding hydrogens is 202 g/mol. The van der Waals surface area contributed by atoms with Crippen molar-refractivity contribution in [2.24, 2.45) is 7.05 Å². The number of hydrogen-bond donors (Lipinski definition) is 1. The van der Waals surface area contributed by atoms with Crippen molar-refractivity contribution in [3.8, 4) is 11.3 Å². The number of aryl methyl sites for hydroxylation is 2. The van der Waals surface area contributed by atoms with Gasteiger partial charge in [-0.25, -0.2) is 0 Å². The Morgan fingerprint density at radius 2 is 2.19 bits per heavy atom. The molecule has 0 amide bonds. The van der Waals surface area contributed by atoms with Crippen molar-refractivity contribution in [1.82, 2.24) is 9.78 Å². The molecule has 2 aromatic rings. The van der Waals surface area contributed by atoms with E-state index in [1.165, 1.54) is 0 Å². The van der Waals surface area contributed by atoms with Crippen molar-refractivity contribution in [1.29, 1.82) is 0 Å². The van der Waals surface area contributed by atoms with Crippen LogP contribution in [0.5, 0.6) is 0 Å². The van der Waals surface area contributed by atoms with Crippen LogP contribution in [0.25, 0.3) is 11.3 Å². The minimum absolute atomic E-state index is 0.643. The van der Waals surface area contributed by atoms with Crippen LogP contribution in [0.3, 0.4) is 0 Å². The Morgan fingerprint density at radius 3 is 2.69 bits per heavy atom. The first-order valence-corrected chi connectivity index (χ1v) is 4.97. The lowest BCUT2D eigenvalue weighted by Gasteiger charge is -2.08. The summed E-state index contributed by atoms with van der Waals surface area (Å²) in [5, 5.41) is 4.10. The SMILES string of the molecule is Cc1cc(C=O)ccc1-c1c(N)cnn1C. The molecule has 0 bridgehead atoms. The van der Waals surface area contributed by atoms with Gasteiger partial charge in [-0.05, 0) is 18.6 Å².